The summed E-state index contributed by atoms with van der Waals surface area (Å²) in [7, 11) is -2.11. The molecule has 2 nitrogen and oxygen atoms in total. The number of rotatable bonds is 0. The quantitative estimate of drug-likeness (QED) is 0.634. The van der Waals surface area contributed by atoms with Gasteiger partial charge in [0.2, 0.25) is 8.32 Å². The molecular weight excluding hydrogens is 204 g/mol. The highest BCUT2D eigenvalue weighted by Gasteiger charge is 2.35. The van der Waals surface area contributed by atoms with Crippen LogP contribution in [0.5, 0.6) is 0 Å². The van der Waals surface area contributed by atoms with Gasteiger partial charge in [0.1, 0.15) is 0 Å². The van der Waals surface area contributed by atoms with Crippen LogP contribution in [0.4, 0.5) is 0 Å². The van der Waals surface area contributed by atoms with Crippen molar-refractivity contribution in [2.45, 2.75) is 77.1 Å². The first-order chi connectivity index (χ1) is 6.64. The fraction of sp³-hybridized carbons (Fsp3) is 1.00. The minimum Gasteiger partial charge on any atom is -0.393 e. The average Bonchev–Trinajstić information content (AvgIpc) is 2.02. The van der Waals surface area contributed by atoms with Crippen molar-refractivity contribution in [1.82, 2.24) is 0 Å². The van der Waals surface area contributed by atoms with E-state index in [4.69, 9.17) is 5.11 Å². The molecule has 0 bridgehead atoms. The summed E-state index contributed by atoms with van der Waals surface area (Å²) in [6.45, 7) is 9.77. The van der Waals surface area contributed by atoms with Crippen molar-refractivity contribution in [2.24, 2.45) is 0 Å². The largest absolute Gasteiger partial charge is 0.393 e. The monoisotopic (exact) mass is 231 g/mol. The van der Waals surface area contributed by atoms with E-state index >= 15 is 0 Å². The Morgan fingerprint density at radius 1 is 1.07 bits per heavy atom. The number of aliphatic hydroxyl groups is 1. The highest BCUT2D eigenvalue weighted by Crippen LogP contribution is 2.33. The van der Waals surface area contributed by atoms with Crippen molar-refractivity contribution in [1.29, 1.82) is 0 Å². The highest BCUT2D eigenvalue weighted by molar-refractivity contribution is 6.72. The van der Waals surface area contributed by atoms with Crippen LogP contribution in [0, 0.1) is 0 Å². The van der Waals surface area contributed by atoms with Gasteiger partial charge in [-0.2, -0.15) is 0 Å². The van der Waals surface area contributed by atoms with Crippen LogP contribution < -0.4 is 0 Å². The van der Waals surface area contributed by atoms with Crippen molar-refractivity contribution in [3.8, 4) is 0 Å². The molecule has 91 valence electrons. The Morgan fingerprint density at radius 2 is 1.40 bits per heavy atom. The third-order valence-electron chi connectivity index (χ3n) is 3.38. The number of hydrogen-bond acceptors (Lipinski definition) is 1. The zero-order chi connectivity index (χ0) is 12.1. The molecule has 0 aromatic rings. The van der Waals surface area contributed by atoms with Gasteiger partial charge < -0.3 is 5.11 Å². The third kappa shape index (κ3) is 7.09. The summed E-state index contributed by atoms with van der Waals surface area (Å²) in [5.74, 6) is 0. The molecule has 0 aromatic carbocycles. The molecule has 1 N–H and O–H groups in total. The SMILES string of the molecule is CC(C)(C)[Si](C)(C)[O].OC1CCCCC1. The molecule has 15 heavy (non-hydrogen) atoms. The Morgan fingerprint density at radius 3 is 1.53 bits per heavy atom. The van der Waals surface area contributed by atoms with E-state index in [1.54, 1.807) is 0 Å². The minimum atomic E-state index is -2.11. The molecule has 0 heterocycles. The van der Waals surface area contributed by atoms with Gasteiger partial charge in [0.15, 0.2) is 0 Å². The van der Waals surface area contributed by atoms with Gasteiger partial charge in [-0.25, -0.2) is 0 Å². The maximum atomic E-state index is 11.3. The second kappa shape index (κ2) is 6.02. The second-order valence-electron chi connectivity index (χ2n) is 6.05. The molecule has 1 saturated carbocycles. The fourth-order valence-corrected chi connectivity index (χ4v) is 1.08. The van der Waals surface area contributed by atoms with E-state index in [0.717, 1.165) is 12.8 Å². The first kappa shape index (κ1) is 15.1. The molecule has 3 heteroatoms. The molecule has 0 amide bonds. The Balaban J connectivity index is 0.000000262. The summed E-state index contributed by atoms with van der Waals surface area (Å²) in [6.07, 6.45) is 5.92. The lowest BCUT2D eigenvalue weighted by molar-refractivity contribution is 0.130. The standard InChI is InChI=1S/C6H15OSi.C6H12O/c1-6(2,3)8(4,5)7;7-6-4-2-1-3-5-6/h1-5H3;6-7H,1-5H2. The number of hydrogen-bond donors (Lipinski definition) is 1. The van der Waals surface area contributed by atoms with Crippen molar-refractivity contribution < 1.29 is 9.90 Å². The molecule has 1 radical (unpaired) electrons. The fourth-order valence-electron chi connectivity index (χ4n) is 1.08. The zero-order valence-corrected chi connectivity index (χ0v) is 12.0. The van der Waals surface area contributed by atoms with Crippen LogP contribution in [0.3, 0.4) is 0 Å². The molecule has 0 aromatic heterocycles. The van der Waals surface area contributed by atoms with Crippen LogP contribution in [0.15, 0.2) is 0 Å². The maximum absolute atomic E-state index is 11.3. The maximum Gasteiger partial charge on any atom is 0.236 e. The lowest BCUT2D eigenvalue weighted by Gasteiger charge is -2.27. The Bertz CT molecular complexity index is 149. The summed E-state index contributed by atoms with van der Waals surface area (Å²) in [5, 5.41) is 8.93. The second-order valence-corrected chi connectivity index (χ2v) is 10.6. The van der Waals surface area contributed by atoms with E-state index in [9.17, 15) is 4.80 Å². The van der Waals surface area contributed by atoms with Gasteiger partial charge >= 0.3 is 0 Å². The molecule has 0 unspecified atom stereocenters. The van der Waals surface area contributed by atoms with Crippen LogP contribution in [-0.4, -0.2) is 19.5 Å². The summed E-state index contributed by atoms with van der Waals surface area (Å²) in [4.78, 5) is 11.3. The summed E-state index contributed by atoms with van der Waals surface area (Å²) < 4.78 is 0. The summed E-state index contributed by atoms with van der Waals surface area (Å²) in [6, 6.07) is 0. The first-order valence-electron chi connectivity index (χ1n) is 6.03. The molecule has 0 aliphatic heterocycles. The summed E-state index contributed by atoms with van der Waals surface area (Å²) in [5.41, 5.74) is 0. The van der Waals surface area contributed by atoms with Crippen molar-refractivity contribution in [2.75, 3.05) is 0 Å². The van der Waals surface area contributed by atoms with E-state index in [1.165, 1.54) is 19.3 Å². The highest BCUT2D eigenvalue weighted by atomic mass is 28.4. The number of aliphatic hydroxyl groups excluding tert-OH is 1. The van der Waals surface area contributed by atoms with Gasteiger partial charge in [-0.1, -0.05) is 40.0 Å². The Hall–Kier alpha value is 0.137. The molecule has 1 aliphatic carbocycles. The molecular formula is C12H27O2Si. The zero-order valence-electron chi connectivity index (χ0n) is 11.0. The molecule has 0 atom stereocenters. The first-order valence-corrected chi connectivity index (χ1v) is 8.94. The van der Waals surface area contributed by atoms with E-state index < -0.39 is 8.32 Å². The van der Waals surface area contributed by atoms with Gasteiger partial charge in [-0.15, -0.1) is 0 Å². The molecule has 1 rings (SSSR count). The molecule has 0 spiro atoms. The van der Waals surface area contributed by atoms with Crippen LogP contribution in [-0.2, 0) is 4.80 Å². The van der Waals surface area contributed by atoms with Gasteiger partial charge in [-0.3, -0.25) is 4.80 Å². The van der Waals surface area contributed by atoms with Gasteiger partial charge in [0.25, 0.3) is 0 Å². The predicted molar refractivity (Wildman–Crippen MR) is 67.0 cm³/mol. The minimum absolute atomic E-state index is 0.0208. The topological polar surface area (TPSA) is 40.1 Å². The lowest BCUT2D eigenvalue weighted by Crippen LogP contribution is -2.35. The van der Waals surface area contributed by atoms with E-state index in [-0.39, 0.29) is 11.1 Å². The lowest BCUT2D eigenvalue weighted by atomic mass is 9.98. The Labute approximate surface area is 95.8 Å². The van der Waals surface area contributed by atoms with E-state index in [2.05, 4.69) is 0 Å². The smallest absolute Gasteiger partial charge is 0.236 e. The van der Waals surface area contributed by atoms with Gasteiger partial charge in [0.05, 0.1) is 6.10 Å². The normalized spacial score (nSPS) is 19.4. The molecule has 0 saturated heterocycles. The van der Waals surface area contributed by atoms with Crippen LogP contribution in [0.25, 0.3) is 0 Å². The van der Waals surface area contributed by atoms with Crippen molar-refractivity contribution >= 4 is 8.32 Å². The van der Waals surface area contributed by atoms with Crippen LogP contribution in [0.1, 0.15) is 52.9 Å². The predicted octanol–water partition coefficient (Wildman–Crippen LogP) is 3.73. The van der Waals surface area contributed by atoms with E-state index in [1.807, 2.05) is 33.9 Å². The Kier molecular flexibility index (Phi) is 6.07. The van der Waals surface area contributed by atoms with Gasteiger partial charge in [-0.05, 0) is 31.0 Å². The molecule has 1 aliphatic rings. The van der Waals surface area contributed by atoms with Gasteiger partial charge in [0, 0.05) is 0 Å². The van der Waals surface area contributed by atoms with Crippen LogP contribution >= 0.6 is 0 Å². The van der Waals surface area contributed by atoms with Crippen molar-refractivity contribution in [3.05, 3.63) is 0 Å². The van der Waals surface area contributed by atoms with Crippen molar-refractivity contribution in [3.63, 3.8) is 0 Å². The third-order valence-corrected chi connectivity index (χ3v) is 6.99. The molecule has 1 fully saturated rings. The summed E-state index contributed by atoms with van der Waals surface area (Å²) >= 11 is 0. The average molecular weight is 231 g/mol. The van der Waals surface area contributed by atoms with E-state index in [0.29, 0.717) is 0 Å². The van der Waals surface area contributed by atoms with Crippen LogP contribution in [0.2, 0.25) is 18.1 Å².